The van der Waals surface area contributed by atoms with Crippen LogP contribution in [-0.2, 0) is 4.79 Å². The molecule has 0 bridgehead atoms. The van der Waals surface area contributed by atoms with Crippen molar-refractivity contribution in [3.05, 3.63) is 47.6 Å². The summed E-state index contributed by atoms with van der Waals surface area (Å²) in [5.41, 5.74) is 1.76. The van der Waals surface area contributed by atoms with Gasteiger partial charge >= 0.3 is 0 Å². The molecule has 0 fully saturated rings. The summed E-state index contributed by atoms with van der Waals surface area (Å²) in [4.78, 5) is 11.3. The Labute approximate surface area is 96.2 Å². The van der Waals surface area contributed by atoms with E-state index in [0.717, 1.165) is 11.1 Å². The van der Waals surface area contributed by atoms with E-state index >= 15 is 0 Å². The van der Waals surface area contributed by atoms with Crippen molar-refractivity contribution in [1.29, 1.82) is 0 Å². The van der Waals surface area contributed by atoms with Gasteiger partial charge in [-0.25, -0.2) is 0 Å². The van der Waals surface area contributed by atoms with E-state index in [2.05, 4.69) is 23.7 Å². The lowest BCUT2D eigenvalue weighted by molar-refractivity contribution is -0.110. The number of carbonyl (C=O) groups is 1. The van der Waals surface area contributed by atoms with Crippen molar-refractivity contribution < 1.29 is 4.79 Å². The summed E-state index contributed by atoms with van der Waals surface area (Å²) in [6.45, 7) is 3.75. The Morgan fingerprint density at radius 3 is 1.75 bits per heavy atom. The van der Waals surface area contributed by atoms with Crippen LogP contribution in [0.2, 0.25) is 0 Å². The molecule has 1 aliphatic carbocycles. The Balaban J connectivity index is 3.07. The van der Waals surface area contributed by atoms with E-state index in [1.54, 1.807) is 24.3 Å². The van der Waals surface area contributed by atoms with Crippen molar-refractivity contribution >= 4 is 5.78 Å². The lowest BCUT2D eigenvalue weighted by Gasteiger charge is -1.83. The van der Waals surface area contributed by atoms with Crippen molar-refractivity contribution in [2.75, 3.05) is 0 Å². The summed E-state index contributed by atoms with van der Waals surface area (Å²) in [5.74, 6) is 11.2. The highest BCUT2D eigenvalue weighted by molar-refractivity contribution is 5.99. The molecule has 0 saturated heterocycles. The number of allylic oxidation sites excluding steroid dienone is 8. The highest BCUT2D eigenvalue weighted by Gasteiger charge is 1.86. The SMILES string of the molecule is C/C1=C/C=C/C(=O)/C=C/C=C(/C)C#CC#C1. The van der Waals surface area contributed by atoms with Gasteiger partial charge in [-0.1, -0.05) is 36.1 Å². The normalized spacial score (nSPS) is 25.8. The minimum Gasteiger partial charge on any atom is -0.290 e. The molecule has 0 atom stereocenters. The van der Waals surface area contributed by atoms with Gasteiger partial charge in [0.05, 0.1) is 0 Å². The van der Waals surface area contributed by atoms with E-state index in [1.807, 2.05) is 13.8 Å². The maximum atomic E-state index is 11.3. The van der Waals surface area contributed by atoms with E-state index in [0.29, 0.717) is 0 Å². The number of ketones is 1. The predicted octanol–water partition coefficient (Wildman–Crippen LogP) is 2.58. The van der Waals surface area contributed by atoms with Gasteiger partial charge in [-0.3, -0.25) is 4.79 Å². The largest absolute Gasteiger partial charge is 0.290 e. The van der Waals surface area contributed by atoms with Gasteiger partial charge in [0.2, 0.25) is 0 Å². The molecule has 0 heterocycles. The standard InChI is InChI=1S/C15H12O/c1-13-7-3-4-8-14(2)10-6-12-15(16)11-5-9-13/h5-6,9-12H,1-2H3/b11-5+,12-6+,13-9-,14-10-. The average molecular weight is 208 g/mol. The molecule has 0 N–H and O–H groups in total. The minimum absolute atomic E-state index is 0.0479. The first-order valence-corrected chi connectivity index (χ1v) is 4.94. The fourth-order valence-electron chi connectivity index (χ4n) is 0.973. The molecular formula is C15H12O. The molecule has 0 aliphatic heterocycles. The quantitative estimate of drug-likeness (QED) is 0.559. The Kier molecular flexibility index (Phi) is 4.64. The molecule has 1 rings (SSSR count). The van der Waals surface area contributed by atoms with Gasteiger partial charge in [0.15, 0.2) is 5.78 Å². The lowest BCUT2D eigenvalue weighted by Crippen LogP contribution is -1.83. The molecule has 1 heteroatoms. The number of hydrogen-bond donors (Lipinski definition) is 0. The Hall–Kier alpha value is -2.25. The highest BCUT2D eigenvalue weighted by atomic mass is 16.1. The molecule has 16 heavy (non-hydrogen) atoms. The maximum absolute atomic E-state index is 11.3. The molecule has 78 valence electrons. The zero-order chi connectivity index (χ0) is 11.8. The third kappa shape index (κ3) is 4.84. The van der Waals surface area contributed by atoms with Crippen LogP contribution in [-0.4, -0.2) is 5.78 Å². The average Bonchev–Trinajstić information content (AvgIpc) is 2.24. The summed E-state index contributed by atoms with van der Waals surface area (Å²) in [5, 5.41) is 0. The van der Waals surface area contributed by atoms with Crippen LogP contribution >= 0.6 is 0 Å². The Morgan fingerprint density at radius 2 is 1.31 bits per heavy atom. The van der Waals surface area contributed by atoms with Gasteiger partial charge in [0.25, 0.3) is 0 Å². The second-order valence-corrected chi connectivity index (χ2v) is 3.32. The van der Waals surface area contributed by atoms with Crippen molar-refractivity contribution in [1.82, 2.24) is 0 Å². The molecule has 0 aromatic rings. The second-order valence-electron chi connectivity index (χ2n) is 3.32. The molecule has 0 aromatic carbocycles. The van der Waals surface area contributed by atoms with Gasteiger partial charge in [-0.2, -0.15) is 0 Å². The van der Waals surface area contributed by atoms with Crippen LogP contribution in [0.15, 0.2) is 47.6 Å². The van der Waals surface area contributed by atoms with E-state index < -0.39 is 0 Å². The third-order valence-electron chi connectivity index (χ3n) is 1.80. The second kappa shape index (κ2) is 6.27. The highest BCUT2D eigenvalue weighted by Crippen LogP contribution is 1.94. The van der Waals surface area contributed by atoms with Crippen molar-refractivity contribution in [2.45, 2.75) is 13.8 Å². The lowest BCUT2D eigenvalue weighted by atomic mass is 10.2. The van der Waals surface area contributed by atoms with Gasteiger partial charge in [0.1, 0.15) is 0 Å². The summed E-state index contributed by atoms with van der Waals surface area (Å²) in [6.07, 6.45) is 9.97. The maximum Gasteiger partial charge on any atom is 0.178 e. The topological polar surface area (TPSA) is 17.1 Å². The number of rotatable bonds is 0. The predicted molar refractivity (Wildman–Crippen MR) is 66.4 cm³/mol. The van der Waals surface area contributed by atoms with E-state index in [4.69, 9.17) is 0 Å². The van der Waals surface area contributed by atoms with Gasteiger partial charge in [-0.15, -0.1) is 0 Å². The smallest absolute Gasteiger partial charge is 0.178 e. The monoisotopic (exact) mass is 208 g/mol. The van der Waals surface area contributed by atoms with Crippen LogP contribution in [0.3, 0.4) is 0 Å². The van der Waals surface area contributed by atoms with Crippen molar-refractivity contribution in [3.8, 4) is 23.7 Å². The fourth-order valence-corrected chi connectivity index (χ4v) is 0.973. The summed E-state index contributed by atoms with van der Waals surface area (Å²) >= 11 is 0. The van der Waals surface area contributed by atoms with Crippen LogP contribution in [0.4, 0.5) is 0 Å². The number of carbonyl (C=O) groups excluding carboxylic acids is 1. The Morgan fingerprint density at radius 1 is 0.875 bits per heavy atom. The van der Waals surface area contributed by atoms with Gasteiger partial charge < -0.3 is 0 Å². The molecule has 0 saturated carbocycles. The molecule has 0 unspecified atom stereocenters. The van der Waals surface area contributed by atoms with Crippen molar-refractivity contribution in [2.24, 2.45) is 0 Å². The molecule has 0 amide bonds. The molecule has 0 radical (unpaired) electrons. The summed E-state index contributed by atoms with van der Waals surface area (Å²) in [6, 6.07) is 0. The number of hydrogen-bond acceptors (Lipinski definition) is 1. The first-order valence-electron chi connectivity index (χ1n) is 4.94. The molecule has 1 aliphatic rings. The summed E-state index contributed by atoms with van der Waals surface area (Å²) < 4.78 is 0. The van der Waals surface area contributed by atoms with E-state index in [-0.39, 0.29) is 5.78 Å². The minimum atomic E-state index is -0.0479. The van der Waals surface area contributed by atoms with Crippen LogP contribution in [0.1, 0.15) is 13.8 Å². The van der Waals surface area contributed by atoms with Gasteiger partial charge in [0, 0.05) is 0 Å². The first-order chi connectivity index (χ1) is 7.68. The zero-order valence-electron chi connectivity index (χ0n) is 9.37. The van der Waals surface area contributed by atoms with Crippen LogP contribution in [0.25, 0.3) is 0 Å². The zero-order valence-corrected chi connectivity index (χ0v) is 9.37. The first kappa shape index (κ1) is 11.8. The molecule has 0 spiro atoms. The molecule has 0 aromatic heterocycles. The third-order valence-corrected chi connectivity index (χ3v) is 1.80. The molecular weight excluding hydrogens is 196 g/mol. The summed E-state index contributed by atoms with van der Waals surface area (Å²) in [7, 11) is 0. The van der Waals surface area contributed by atoms with E-state index in [9.17, 15) is 4.79 Å². The van der Waals surface area contributed by atoms with Crippen LogP contribution in [0.5, 0.6) is 0 Å². The fraction of sp³-hybridized carbons (Fsp3) is 0.133. The van der Waals surface area contributed by atoms with Crippen LogP contribution < -0.4 is 0 Å². The van der Waals surface area contributed by atoms with E-state index in [1.165, 1.54) is 12.2 Å². The molecule has 1 nitrogen and oxygen atoms in total. The van der Waals surface area contributed by atoms with Crippen molar-refractivity contribution in [3.63, 3.8) is 0 Å². The van der Waals surface area contributed by atoms with Crippen LogP contribution in [0, 0.1) is 23.7 Å². The Bertz CT molecular complexity index is 469. The van der Waals surface area contributed by atoms with Gasteiger partial charge in [-0.05, 0) is 49.0 Å².